The van der Waals surface area contributed by atoms with Crippen LogP contribution in [-0.4, -0.2) is 20.1 Å². The summed E-state index contributed by atoms with van der Waals surface area (Å²) in [4.78, 5) is 0. The molecule has 0 atom stereocenters. The SMILES string of the molecule is OCc1cn(Cc2ccc(F)cc2Br)nn1. The van der Waals surface area contributed by atoms with Crippen molar-refractivity contribution in [2.75, 3.05) is 0 Å². The van der Waals surface area contributed by atoms with Crippen molar-refractivity contribution in [3.63, 3.8) is 0 Å². The van der Waals surface area contributed by atoms with Crippen molar-refractivity contribution in [2.24, 2.45) is 0 Å². The summed E-state index contributed by atoms with van der Waals surface area (Å²) >= 11 is 3.28. The van der Waals surface area contributed by atoms with E-state index in [0.717, 1.165) is 5.56 Å². The van der Waals surface area contributed by atoms with Crippen molar-refractivity contribution >= 4 is 15.9 Å². The number of rotatable bonds is 3. The first kappa shape index (κ1) is 11.2. The van der Waals surface area contributed by atoms with E-state index in [9.17, 15) is 4.39 Å². The number of hydrogen-bond donors (Lipinski definition) is 1. The number of aliphatic hydroxyl groups is 1. The van der Waals surface area contributed by atoms with Crippen LogP contribution in [0.1, 0.15) is 11.3 Å². The highest BCUT2D eigenvalue weighted by Crippen LogP contribution is 2.18. The first-order valence-electron chi connectivity index (χ1n) is 4.63. The molecule has 2 aromatic rings. The minimum absolute atomic E-state index is 0.134. The lowest BCUT2D eigenvalue weighted by Crippen LogP contribution is -2.01. The normalized spacial score (nSPS) is 10.7. The maximum atomic E-state index is 12.8. The molecule has 6 heteroatoms. The third kappa shape index (κ3) is 2.45. The second kappa shape index (κ2) is 4.71. The van der Waals surface area contributed by atoms with Crippen molar-refractivity contribution < 1.29 is 9.50 Å². The summed E-state index contributed by atoms with van der Waals surface area (Å²) in [6.07, 6.45) is 1.65. The van der Waals surface area contributed by atoms with E-state index in [1.807, 2.05) is 0 Å². The Kier molecular flexibility index (Phi) is 3.31. The van der Waals surface area contributed by atoms with Crippen molar-refractivity contribution in [2.45, 2.75) is 13.2 Å². The highest BCUT2D eigenvalue weighted by molar-refractivity contribution is 9.10. The zero-order valence-electron chi connectivity index (χ0n) is 8.27. The number of hydrogen-bond acceptors (Lipinski definition) is 3. The molecule has 1 heterocycles. The van der Waals surface area contributed by atoms with E-state index in [1.165, 1.54) is 12.1 Å². The smallest absolute Gasteiger partial charge is 0.124 e. The van der Waals surface area contributed by atoms with Gasteiger partial charge >= 0.3 is 0 Å². The van der Waals surface area contributed by atoms with Crippen molar-refractivity contribution in [3.05, 3.63) is 45.9 Å². The average molecular weight is 286 g/mol. The maximum Gasteiger partial charge on any atom is 0.124 e. The van der Waals surface area contributed by atoms with E-state index in [-0.39, 0.29) is 12.4 Å². The van der Waals surface area contributed by atoms with E-state index in [0.29, 0.717) is 16.7 Å². The van der Waals surface area contributed by atoms with Crippen molar-refractivity contribution in [1.82, 2.24) is 15.0 Å². The molecule has 1 N–H and O–H groups in total. The number of aliphatic hydroxyl groups excluding tert-OH is 1. The predicted molar refractivity (Wildman–Crippen MR) is 59.1 cm³/mol. The largest absolute Gasteiger partial charge is 0.390 e. The van der Waals surface area contributed by atoms with Crippen LogP contribution in [0, 0.1) is 5.82 Å². The molecule has 0 fully saturated rings. The molecule has 0 aliphatic carbocycles. The van der Waals surface area contributed by atoms with Gasteiger partial charge in [0, 0.05) is 4.47 Å². The summed E-state index contributed by atoms with van der Waals surface area (Å²) in [7, 11) is 0. The Morgan fingerprint density at radius 2 is 2.25 bits per heavy atom. The molecule has 84 valence electrons. The van der Waals surface area contributed by atoms with Gasteiger partial charge in [0.15, 0.2) is 0 Å². The topological polar surface area (TPSA) is 50.9 Å². The molecular formula is C10H9BrFN3O. The summed E-state index contributed by atoms with van der Waals surface area (Å²) in [5.41, 5.74) is 1.41. The molecule has 0 amide bonds. The lowest BCUT2D eigenvalue weighted by molar-refractivity contribution is 0.276. The molecule has 0 radical (unpaired) electrons. The Morgan fingerprint density at radius 1 is 1.44 bits per heavy atom. The number of nitrogens with zero attached hydrogens (tertiary/aromatic N) is 3. The lowest BCUT2D eigenvalue weighted by Gasteiger charge is -2.03. The molecule has 0 saturated carbocycles. The van der Waals surface area contributed by atoms with Gasteiger partial charge in [-0.15, -0.1) is 5.10 Å². The van der Waals surface area contributed by atoms with Crippen LogP contribution >= 0.6 is 15.9 Å². The minimum Gasteiger partial charge on any atom is -0.390 e. The predicted octanol–water partition coefficient (Wildman–Crippen LogP) is 1.72. The fourth-order valence-electron chi connectivity index (χ4n) is 1.31. The minimum atomic E-state index is -0.287. The van der Waals surface area contributed by atoms with Gasteiger partial charge in [-0.3, -0.25) is 0 Å². The molecule has 0 unspecified atom stereocenters. The highest BCUT2D eigenvalue weighted by Gasteiger charge is 2.04. The number of aromatic nitrogens is 3. The van der Waals surface area contributed by atoms with Crippen molar-refractivity contribution in [1.29, 1.82) is 0 Å². The van der Waals surface area contributed by atoms with Crippen LogP contribution < -0.4 is 0 Å². The van der Waals surface area contributed by atoms with Crippen LogP contribution in [0.3, 0.4) is 0 Å². The first-order valence-corrected chi connectivity index (χ1v) is 5.42. The summed E-state index contributed by atoms with van der Waals surface area (Å²) in [5, 5.41) is 16.4. The third-order valence-electron chi connectivity index (χ3n) is 2.10. The van der Waals surface area contributed by atoms with Gasteiger partial charge in [0.05, 0.1) is 19.3 Å². The van der Waals surface area contributed by atoms with E-state index in [2.05, 4.69) is 26.2 Å². The van der Waals surface area contributed by atoms with E-state index < -0.39 is 0 Å². The van der Waals surface area contributed by atoms with Crippen LogP contribution in [0.5, 0.6) is 0 Å². The molecule has 0 aliphatic heterocycles. The Labute approximate surface area is 99.8 Å². The molecule has 0 saturated heterocycles. The van der Waals surface area contributed by atoms with E-state index in [4.69, 9.17) is 5.11 Å². The van der Waals surface area contributed by atoms with Crippen LogP contribution in [-0.2, 0) is 13.2 Å². The summed E-state index contributed by atoms with van der Waals surface area (Å²) in [6, 6.07) is 4.48. The second-order valence-electron chi connectivity index (χ2n) is 3.30. The van der Waals surface area contributed by atoms with Gasteiger partial charge < -0.3 is 5.11 Å². The van der Waals surface area contributed by atoms with Gasteiger partial charge in [-0.1, -0.05) is 27.2 Å². The molecule has 1 aromatic carbocycles. The Bertz CT molecular complexity index is 501. The van der Waals surface area contributed by atoms with E-state index in [1.54, 1.807) is 16.9 Å². The van der Waals surface area contributed by atoms with Crippen LogP contribution in [0.2, 0.25) is 0 Å². The molecule has 16 heavy (non-hydrogen) atoms. The van der Waals surface area contributed by atoms with Gasteiger partial charge in [-0.05, 0) is 17.7 Å². The van der Waals surface area contributed by atoms with Gasteiger partial charge in [0.2, 0.25) is 0 Å². The Hall–Kier alpha value is -1.27. The van der Waals surface area contributed by atoms with Gasteiger partial charge in [0.1, 0.15) is 11.5 Å². The molecule has 0 aliphatic rings. The van der Waals surface area contributed by atoms with Crippen LogP contribution in [0.15, 0.2) is 28.9 Å². The zero-order chi connectivity index (χ0) is 11.5. The maximum absolute atomic E-state index is 12.8. The lowest BCUT2D eigenvalue weighted by atomic mass is 10.2. The highest BCUT2D eigenvalue weighted by atomic mass is 79.9. The van der Waals surface area contributed by atoms with E-state index >= 15 is 0 Å². The monoisotopic (exact) mass is 285 g/mol. The Balaban J connectivity index is 2.20. The molecule has 2 rings (SSSR count). The van der Waals surface area contributed by atoms with Gasteiger partial charge in [0.25, 0.3) is 0 Å². The molecule has 0 bridgehead atoms. The fourth-order valence-corrected chi connectivity index (χ4v) is 1.79. The molecule has 1 aromatic heterocycles. The van der Waals surface area contributed by atoms with Crippen LogP contribution in [0.25, 0.3) is 0 Å². The van der Waals surface area contributed by atoms with Gasteiger partial charge in [-0.25, -0.2) is 9.07 Å². The third-order valence-corrected chi connectivity index (χ3v) is 2.83. The zero-order valence-corrected chi connectivity index (χ0v) is 9.85. The Morgan fingerprint density at radius 3 is 2.88 bits per heavy atom. The van der Waals surface area contributed by atoms with Gasteiger partial charge in [-0.2, -0.15) is 0 Å². The second-order valence-corrected chi connectivity index (χ2v) is 4.16. The summed E-state index contributed by atoms with van der Waals surface area (Å²) in [6.45, 7) is 0.346. The summed E-state index contributed by atoms with van der Waals surface area (Å²) in [5.74, 6) is -0.287. The van der Waals surface area contributed by atoms with Crippen LogP contribution in [0.4, 0.5) is 4.39 Å². The summed E-state index contributed by atoms with van der Waals surface area (Å²) < 4.78 is 15.1. The quantitative estimate of drug-likeness (QED) is 0.934. The first-order chi connectivity index (χ1) is 7.69. The van der Waals surface area contributed by atoms with Crippen molar-refractivity contribution in [3.8, 4) is 0 Å². The number of halogens is 2. The standard InChI is InChI=1S/C10H9BrFN3O/c11-10-3-8(12)2-1-7(10)4-15-5-9(6-16)13-14-15/h1-3,5,16H,4,6H2. The molecule has 0 spiro atoms. The number of benzene rings is 1. The average Bonchev–Trinajstić information content (AvgIpc) is 2.70. The molecular weight excluding hydrogens is 277 g/mol. The molecule has 4 nitrogen and oxygen atoms in total. The fraction of sp³-hybridized carbons (Fsp3) is 0.200.